The monoisotopic (exact) mass is 342 g/mol. The molecule has 0 unspecified atom stereocenters. The van der Waals surface area contributed by atoms with Crippen LogP contribution in [0.2, 0.25) is 0 Å². The Hall–Kier alpha value is -3.04. The highest BCUT2D eigenvalue weighted by Gasteiger charge is 2.26. The first-order chi connectivity index (χ1) is 12.1. The van der Waals surface area contributed by atoms with Gasteiger partial charge in [-0.05, 0) is 20.3 Å². The van der Waals surface area contributed by atoms with Crippen LogP contribution in [0.25, 0.3) is 0 Å². The third-order valence-corrected chi connectivity index (χ3v) is 4.44. The lowest BCUT2D eigenvalue weighted by Crippen LogP contribution is -2.31. The highest BCUT2D eigenvalue weighted by atomic mass is 16.5. The molecule has 0 radical (unpaired) electrons. The molecule has 0 spiro atoms. The molecule has 10 heteroatoms. The number of aromatic nitrogens is 7. The van der Waals surface area contributed by atoms with Gasteiger partial charge in [-0.25, -0.2) is 9.36 Å². The van der Waals surface area contributed by atoms with Crippen molar-refractivity contribution in [3.05, 3.63) is 40.8 Å². The van der Waals surface area contributed by atoms with E-state index in [1.165, 1.54) is 6.26 Å². The third-order valence-electron chi connectivity index (χ3n) is 4.44. The van der Waals surface area contributed by atoms with Crippen LogP contribution in [0, 0.1) is 13.8 Å². The molecule has 3 aromatic rings. The van der Waals surface area contributed by atoms with Gasteiger partial charge in [-0.1, -0.05) is 15.6 Å². The van der Waals surface area contributed by atoms with Crippen LogP contribution in [0.1, 0.15) is 39.6 Å². The van der Waals surface area contributed by atoms with E-state index in [0.29, 0.717) is 30.9 Å². The number of rotatable bonds is 3. The highest BCUT2D eigenvalue weighted by molar-refractivity contribution is 5.94. The lowest BCUT2D eigenvalue weighted by Gasteiger charge is -2.19. The van der Waals surface area contributed by atoms with Gasteiger partial charge in [0.25, 0.3) is 5.91 Å². The van der Waals surface area contributed by atoms with Crippen molar-refractivity contribution in [1.29, 1.82) is 0 Å². The summed E-state index contributed by atoms with van der Waals surface area (Å²) in [6.07, 6.45) is 3.92. The Kier molecular flexibility index (Phi) is 3.79. The predicted octanol–water partition coefficient (Wildman–Crippen LogP) is 0.569. The first-order valence-corrected chi connectivity index (χ1v) is 8.10. The molecule has 4 rings (SSSR count). The molecule has 0 aliphatic carbocycles. The lowest BCUT2D eigenvalue weighted by atomic mass is 10.2. The van der Waals surface area contributed by atoms with Gasteiger partial charge in [0, 0.05) is 13.1 Å². The summed E-state index contributed by atoms with van der Waals surface area (Å²) in [5.41, 5.74) is 3.77. The Bertz CT molecular complexity index is 908. The normalized spacial score (nSPS) is 14.4. The first-order valence-electron chi connectivity index (χ1n) is 8.10. The van der Waals surface area contributed by atoms with Gasteiger partial charge in [-0.15, -0.1) is 10.2 Å². The van der Waals surface area contributed by atoms with Gasteiger partial charge in [0.2, 0.25) is 0 Å². The standard InChI is InChI=1S/C15H18N8O2/c1-10-6-16-19-23(10)7-13-14-8-21(4-3-5-22(14)20-17-13)15(24)12-9-25-18-11(12)2/h6,9H,3-5,7-8H2,1-2H3. The zero-order valence-electron chi connectivity index (χ0n) is 14.1. The van der Waals surface area contributed by atoms with Crippen LogP contribution in [0.4, 0.5) is 0 Å². The zero-order chi connectivity index (χ0) is 17.4. The quantitative estimate of drug-likeness (QED) is 0.684. The largest absolute Gasteiger partial charge is 0.364 e. The number of amides is 1. The molecule has 25 heavy (non-hydrogen) atoms. The lowest BCUT2D eigenvalue weighted by molar-refractivity contribution is 0.0744. The van der Waals surface area contributed by atoms with Crippen LogP contribution < -0.4 is 0 Å². The maximum atomic E-state index is 12.8. The van der Waals surface area contributed by atoms with Crippen LogP contribution in [0.5, 0.6) is 0 Å². The summed E-state index contributed by atoms with van der Waals surface area (Å²) in [6, 6.07) is 0. The molecule has 0 saturated heterocycles. The average Bonchev–Trinajstić information content (AvgIpc) is 3.26. The smallest absolute Gasteiger partial charge is 0.259 e. The van der Waals surface area contributed by atoms with Crippen molar-refractivity contribution in [2.45, 2.75) is 39.9 Å². The van der Waals surface area contributed by atoms with Crippen molar-refractivity contribution in [3.8, 4) is 0 Å². The van der Waals surface area contributed by atoms with E-state index in [1.807, 2.05) is 11.6 Å². The minimum Gasteiger partial charge on any atom is -0.364 e. The van der Waals surface area contributed by atoms with Crippen molar-refractivity contribution in [3.63, 3.8) is 0 Å². The van der Waals surface area contributed by atoms with Crippen LogP contribution in [-0.2, 0) is 19.6 Å². The van der Waals surface area contributed by atoms with E-state index in [0.717, 1.165) is 30.0 Å². The summed E-state index contributed by atoms with van der Waals surface area (Å²) in [5.74, 6) is -0.0868. The molecule has 10 nitrogen and oxygen atoms in total. The predicted molar refractivity (Wildman–Crippen MR) is 84.5 cm³/mol. The molecular weight excluding hydrogens is 324 g/mol. The Balaban J connectivity index is 1.61. The van der Waals surface area contributed by atoms with Crippen molar-refractivity contribution in [2.75, 3.05) is 6.54 Å². The van der Waals surface area contributed by atoms with E-state index in [4.69, 9.17) is 4.52 Å². The van der Waals surface area contributed by atoms with Gasteiger partial charge in [0.15, 0.2) is 0 Å². The topological polar surface area (TPSA) is 108 Å². The third kappa shape index (κ3) is 2.79. The minimum atomic E-state index is -0.0868. The van der Waals surface area contributed by atoms with Gasteiger partial charge in [0.1, 0.15) is 17.5 Å². The summed E-state index contributed by atoms with van der Waals surface area (Å²) in [7, 11) is 0. The molecule has 4 heterocycles. The summed E-state index contributed by atoms with van der Waals surface area (Å²) in [5, 5.41) is 20.3. The van der Waals surface area contributed by atoms with Crippen molar-refractivity contribution in [2.24, 2.45) is 0 Å². The molecule has 1 aliphatic heterocycles. The van der Waals surface area contributed by atoms with E-state index >= 15 is 0 Å². The maximum absolute atomic E-state index is 12.8. The van der Waals surface area contributed by atoms with Gasteiger partial charge >= 0.3 is 0 Å². The van der Waals surface area contributed by atoms with Gasteiger partial charge in [-0.3, -0.25) is 4.79 Å². The maximum Gasteiger partial charge on any atom is 0.259 e. The van der Waals surface area contributed by atoms with Crippen molar-refractivity contribution in [1.82, 2.24) is 40.0 Å². The van der Waals surface area contributed by atoms with Crippen LogP contribution in [0.15, 0.2) is 17.0 Å². The van der Waals surface area contributed by atoms with E-state index < -0.39 is 0 Å². The van der Waals surface area contributed by atoms with Gasteiger partial charge in [-0.2, -0.15) is 0 Å². The van der Waals surface area contributed by atoms with Gasteiger partial charge < -0.3 is 9.42 Å². The molecule has 0 atom stereocenters. The fourth-order valence-electron chi connectivity index (χ4n) is 2.96. The number of fused-ring (bicyclic) bond motifs is 1. The second-order valence-corrected chi connectivity index (χ2v) is 6.13. The first kappa shape index (κ1) is 15.5. The Morgan fingerprint density at radius 2 is 2.16 bits per heavy atom. The molecular formula is C15H18N8O2. The van der Waals surface area contributed by atoms with Crippen LogP contribution >= 0.6 is 0 Å². The molecule has 1 amide bonds. The van der Waals surface area contributed by atoms with Gasteiger partial charge in [0.05, 0.1) is 36.4 Å². The summed E-state index contributed by atoms with van der Waals surface area (Å²) in [4.78, 5) is 14.6. The molecule has 0 aromatic carbocycles. The summed E-state index contributed by atoms with van der Waals surface area (Å²) in [6.45, 7) is 6.00. The average molecular weight is 342 g/mol. The van der Waals surface area contributed by atoms with Crippen molar-refractivity contribution < 1.29 is 9.32 Å². The van der Waals surface area contributed by atoms with E-state index in [9.17, 15) is 4.79 Å². The number of carbonyl (C=O) groups excluding carboxylic acids is 1. The van der Waals surface area contributed by atoms with E-state index in [-0.39, 0.29) is 5.91 Å². The van der Waals surface area contributed by atoms with Crippen molar-refractivity contribution >= 4 is 5.91 Å². The number of carbonyl (C=O) groups is 1. The minimum absolute atomic E-state index is 0.0868. The molecule has 130 valence electrons. The molecule has 3 aromatic heterocycles. The highest BCUT2D eigenvalue weighted by Crippen LogP contribution is 2.19. The number of hydrogen-bond acceptors (Lipinski definition) is 7. The second-order valence-electron chi connectivity index (χ2n) is 6.13. The zero-order valence-corrected chi connectivity index (χ0v) is 14.1. The Morgan fingerprint density at radius 3 is 2.88 bits per heavy atom. The SMILES string of the molecule is Cc1nocc1C(=O)N1CCCn2nnc(Cn3nncc3C)c2C1. The van der Waals surface area contributed by atoms with Crippen LogP contribution in [-0.4, -0.2) is 52.5 Å². The van der Waals surface area contributed by atoms with Crippen LogP contribution in [0.3, 0.4) is 0 Å². The fourth-order valence-corrected chi connectivity index (χ4v) is 2.96. The molecule has 0 bridgehead atoms. The Labute approximate surface area is 143 Å². The molecule has 0 fully saturated rings. The second kappa shape index (κ2) is 6.11. The fraction of sp³-hybridized carbons (Fsp3) is 0.467. The number of nitrogens with zero attached hydrogens (tertiary/aromatic N) is 8. The summed E-state index contributed by atoms with van der Waals surface area (Å²) < 4.78 is 8.54. The van der Waals surface area contributed by atoms with E-state index in [1.54, 1.807) is 22.7 Å². The molecule has 1 aliphatic rings. The van der Waals surface area contributed by atoms with E-state index in [2.05, 4.69) is 25.8 Å². The Morgan fingerprint density at radius 1 is 1.28 bits per heavy atom. The number of aryl methyl sites for hydroxylation is 3. The summed E-state index contributed by atoms with van der Waals surface area (Å²) >= 11 is 0. The molecule has 0 saturated carbocycles. The number of hydrogen-bond donors (Lipinski definition) is 0. The molecule has 0 N–H and O–H groups in total.